The largest absolute Gasteiger partial charge is 0.316 e. The summed E-state index contributed by atoms with van der Waals surface area (Å²) in [7, 11) is 1.95. The van der Waals surface area contributed by atoms with Crippen LogP contribution in [0, 0.1) is 0 Å². The number of nitrogens with one attached hydrogen (secondary N) is 1. The van der Waals surface area contributed by atoms with E-state index in [1.54, 1.807) is 12.4 Å². The van der Waals surface area contributed by atoms with Gasteiger partial charge in [0.1, 0.15) is 0 Å². The first-order chi connectivity index (χ1) is 8.81. The summed E-state index contributed by atoms with van der Waals surface area (Å²) in [4.78, 5) is 8.55. The minimum Gasteiger partial charge on any atom is -0.316 e. The van der Waals surface area contributed by atoms with E-state index in [-0.39, 0.29) is 0 Å². The van der Waals surface area contributed by atoms with Gasteiger partial charge in [-0.15, -0.1) is 0 Å². The van der Waals surface area contributed by atoms with Gasteiger partial charge in [-0.05, 0) is 26.0 Å². The zero-order chi connectivity index (χ0) is 13.0. The number of rotatable bonds is 5. The van der Waals surface area contributed by atoms with E-state index in [1.807, 2.05) is 17.8 Å². The molecule has 0 saturated carbocycles. The van der Waals surface area contributed by atoms with Crippen LogP contribution in [0.4, 0.5) is 0 Å². The molecule has 0 aromatic carbocycles. The molecule has 0 aliphatic rings. The van der Waals surface area contributed by atoms with Crippen LogP contribution >= 0.6 is 0 Å². The summed E-state index contributed by atoms with van der Waals surface area (Å²) in [6, 6.07) is 1.81. The maximum Gasteiger partial charge on any atom is 0.250 e. The van der Waals surface area contributed by atoms with Crippen molar-refractivity contribution in [2.24, 2.45) is 0 Å². The van der Waals surface area contributed by atoms with Gasteiger partial charge in [0.15, 0.2) is 0 Å². The highest BCUT2D eigenvalue weighted by molar-refractivity contribution is 5.31. The van der Waals surface area contributed by atoms with Crippen molar-refractivity contribution in [2.45, 2.75) is 33.2 Å². The van der Waals surface area contributed by atoms with E-state index >= 15 is 0 Å². The van der Waals surface area contributed by atoms with Gasteiger partial charge < -0.3 is 5.32 Å². The average molecular weight is 245 g/mol. The zero-order valence-electron chi connectivity index (χ0n) is 11.1. The van der Waals surface area contributed by atoms with Gasteiger partial charge in [-0.3, -0.25) is 0 Å². The van der Waals surface area contributed by atoms with Gasteiger partial charge in [0.25, 0.3) is 5.95 Å². The zero-order valence-corrected chi connectivity index (χ0v) is 11.1. The number of nitrogens with zero attached hydrogens (tertiary/aromatic N) is 4. The molecule has 0 atom stereocenters. The molecular weight excluding hydrogens is 226 g/mol. The van der Waals surface area contributed by atoms with Crippen LogP contribution in [0.3, 0.4) is 0 Å². The molecule has 2 heterocycles. The minimum atomic E-state index is 0.645. The molecule has 0 unspecified atom stereocenters. The number of hydrogen-bond acceptors (Lipinski definition) is 4. The second kappa shape index (κ2) is 5.73. The van der Waals surface area contributed by atoms with E-state index in [0.717, 1.165) is 25.1 Å². The fourth-order valence-electron chi connectivity index (χ4n) is 2.13. The molecule has 0 aliphatic carbocycles. The Hall–Kier alpha value is -1.75. The van der Waals surface area contributed by atoms with E-state index in [0.29, 0.717) is 5.95 Å². The fourth-order valence-corrected chi connectivity index (χ4v) is 2.13. The second-order valence-corrected chi connectivity index (χ2v) is 4.07. The van der Waals surface area contributed by atoms with Crippen molar-refractivity contribution in [1.82, 2.24) is 25.1 Å². The Morgan fingerprint density at radius 1 is 1.17 bits per heavy atom. The Balaban J connectivity index is 2.54. The summed E-state index contributed by atoms with van der Waals surface area (Å²) in [6.07, 6.45) is 5.33. The molecule has 0 amide bonds. The van der Waals surface area contributed by atoms with Gasteiger partial charge in [-0.2, -0.15) is 5.10 Å². The first-order valence-corrected chi connectivity index (χ1v) is 6.33. The van der Waals surface area contributed by atoms with Crippen molar-refractivity contribution in [3.8, 4) is 5.95 Å². The van der Waals surface area contributed by atoms with Gasteiger partial charge in [0.2, 0.25) is 0 Å². The molecule has 5 nitrogen and oxygen atoms in total. The van der Waals surface area contributed by atoms with Gasteiger partial charge in [-0.1, -0.05) is 13.8 Å². The Morgan fingerprint density at radius 2 is 1.89 bits per heavy atom. The highest BCUT2D eigenvalue weighted by atomic mass is 15.4. The van der Waals surface area contributed by atoms with Gasteiger partial charge in [0, 0.05) is 24.5 Å². The van der Waals surface area contributed by atoms with Crippen LogP contribution in [0.1, 0.15) is 30.8 Å². The molecule has 0 radical (unpaired) electrons. The van der Waals surface area contributed by atoms with Crippen LogP contribution < -0.4 is 5.32 Å². The van der Waals surface area contributed by atoms with Crippen LogP contribution in [0.2, 0.25) is 0 Å². The highest BCUT2D eigenvalue weighted by Gasteiger charge is 2.16. The summed E-state index contributed by atoms with van der Waals surface area (Å²) in [6.45, 7) is 5.09. The van der Waals surface area contributed by atoms with E-state index in [1.165, 1.54) is 11.3 Å². The molecule has 0 fully saturated rings. The minimum absolute atomic E-state index is 0.645. The van der Waals surface area contributed by atoms with Crippen molar-refractivity contribution in [1.29, 1.82) is 0 Å². The normalized spacial score (nSPS) is 10.8. The van der Waals surface area contributed by atoms with Gasteiger partial charge in [0.05, 0.1) is 11.4 Å². The predicted octanol–water partition coefficient (Wildman–Crippen LogP) is 1.51. The summed E-state index contributed by atoms with van der Waals surface area (Å²) in [5.41, 5.74) is 3.58. The summed E-state index contributed by atoms with van der Waals surface area (Å²) < 4.78 is 1.87. The number of aryl methyl sites for hydroxylation is 1. The molecule has 0 spiro atoms. The summed E-state index contributed by atoms with van der Waals surface area (Å²) in [5, 5.41) is 7.84. The Kier molecular flexibility index (Phi) is 4.04. The molecule has 2 rings (SSSR count). The summed E-state index contributed by atoms with van der Waals surface area (Å²) in [5.74, 6) is 0.645. The van der Waals surface area contributed by atoms with Crippen molar-refractivity contribution >= 4 is 0 Å². The lowest BCUT2D eigenvalue weighted by atomic mass is 10.1. The maximum absolute atomic E-state index is 4.64. The van der Waals surface area contributed by atoms with Crippen molar-refractivity contribution in [3.05, 3.63) is 35.4 Å². The SMILES string of the molecule is CCc1nn(-c2ncccn2)c(CC)c1CNC. The van der Waals surface area contributed by atoms with Crippen LogP contribution in [0.15, 0.2) is 18.5 Å². The van der Waals surface area contributed by atoms with Gasteiger partial charge in [-0.25, -0.2) is 14.6 Å². The molecule has 2 aromatic rings. The molecule has 0 aliphatic heterocycles. The average Bonchev–Trinajstić information content (AvgIpc) is 2.78. The topological polar surface area (TPSA) is 55.6 Å². The quantitative estimate of drug-likeness (QED) is 0.867. The molecule has 96 valence electrons. The van der Waals surface area contributed by atoms with Crippen molar-refractivity contribution in [2.75, 3.05) is 7.05 Å². The predicted molar refractivity (Wildman–Crippen MR) is 70.7 cm³/mol. The second-order valence-electron chi connectivity index (χ2n) is 4.07. The smallest absolute Gasteiger partial charge is 0.250 e. The molecular formula is C13H19N5. The molecule has 1 N–H and O–H groups in total. The standard InChI is InChI=1S/C13H19N5/c1-4-11-10(9-14-3)12(5-2)18(17-11)13-15-7-6-8-16-13/h6-8,14H,4-5,9H2,1-3H3. The van der Waals surface area contributed by atoms with Crippen LogP contribution in [0.25, 0.3) is 5.95 Å². The summed E-state index contributed by atoms with van der Waals surface area (Å²) >= 11 is 0. The third kappa shape index (κ3) is 2.26. The van der Waals surface area contributed by atoms with E-state index in [9.17, 15) is 0 Å². The fraction of sp³-hybridized carbons (Fsp3) is 0.462. The molecule has 5 heteroatoms. The van der Waals surface area contributed by atoms with Crippen LogP contribution in [-0.4, -0.2) is 26.8 Å². The molecule has 0 bridgehead atoms. The first-order valence-electron chi connectivity index (χ1n) is 6.33. The third-order valence-corrected chi connectivity index (χ3v) is 2.94. The van der Waals surface area contributed by atoms with Crippen molar-refractivity contribution in [3.63, 3.8) is 0 Å². The molecule has 2 aromatic heterocycles. The van der Waals surface area contributed by atoms with Crippen molar-refractivity contribution < 1.29 is 0 Å². The lowest BCUT2D eigenvalue weighted by Crippen LogP contribution is -2.10. The van der Waals surface area contributed by atoms with Crippen LogP contribution in [-0.2, 0) is 19.4 Å². The number of hydrogen-bond donors (Lipinski definition) is 1. The Labute approximate surface area is 107 Å². The number of aromatic nitrogens is 4. The van der Waals surface area contributed by atoms with E-state index < -0.39 is 0 Å². The lowest BCUT2D eigenvalue weighted by Gasteiger charge is -2.05. The lowest BCUT2D eigenvalue weighted by molar-refractivity contribution is 0.741. The highest BCUT2D eigenvalue weighted by Crippen LogP contribution is 2.18. The Bertz CT molecular complexity index is 504. The monoisotopic (exact) mass is 245 g/mol. The van der Waals surface area contributed by atoms with E-state index in [4.69, 9.17) is 0 Å². The molecule has 0 saturated heterocycles. The Morgan fingerprint density at radius 3 is 2.44 bits per heavy atom. The van der Waals surface area contributed by atoms with Gasteiger partial charge >= 0.3 is 0 Å². The first kappa shape index (κ1) is 12.7. The third-order valence-electron chi connectivity index (χ3n) is 2.94. The molecule has 18 heavy (non-hydrogen) atoms. The van der Waals surface area contributed by atoms with E-state index in [2.05, 4.69) is 34.2 Å². The maximum atomic E-state index is 4.64. The van der Waals surface area contributed by atoms with Crippen LogP contribution in [0.5, 0.6) is 0 Å².